The molecular weight excluding hydrogens is 256 g/mol. The minimum Gasteiger partial charge on any atom is -0.444 e. The molecule has 1 rings (SSSR count). The molecule has 2 atom stereocenters. The van der Waals surface area contributed by atoms with Crippen molar-refractivity contribution in [3.8, 4) is 0 Å². The zero-order chi connectivity index (χ0) is 15.2. The number of esters is 2. The van der Waals surface area contributed by atoms with Crippen LogP contribution in [0.1, 0.15) is 79.1 Å². The van der Waals surface area contributed by atoms with Gasteiger partial charge in [0.15, 0.2) is 0 Å². The maximum absolute atomic E-state index is 12.2. The molecule has 0 bridgehead atoms. The first-order valence-corrected chi connectivity index (χ1v) is 7.85. The lowest BCUT2D eigenvalue weighted by Gasteiger charge is -2.40. The topological polar surface area (TPSA) is 52.6 Å². The normalized spacial score (nSPS) is 30.0. The van der Waals surface area contributed by atoms with Crippen LogP contribution in [0.3, 0.4) is 0 Å². The van der Waals surface area contributed by atoms with Crippen molar-refractivity contribution in [2.24, 2.45) is 0 Å². The Morgan fingerprint density at radius 2 is 1.10 bits per heavy atom. The summed E-state index contributed by atoms with van der Waals surface area (Å²) in [4.78, 5) is 24.4. The van der Waals surface area contributed by atoms with Gasteiger partial charge in [-0.05, 0) is 39.5 Å². The summed E-state index contributed by atoms with van der Waals surface area (Å²) >= 11 is 0. The smallest absolute Gasteiger partial charge is 0.351 e. The van der Waals surface area contributed by atoms with Crippen LogP contribution in [-0.2, 0) is 19.1 Å². The molecule has 0 aromatic rings. The Balaban J connectivity index is 2.65. The van der Waals surface area contributed by atoms with Gasteiger partial charge in [0.05, 0.1) is 0 Å². The summed E-state index contributed by atoms with van der Waals surface area (Å²) in [6.07, 6.45) is 6.97. The van der Waals surface area contributed by atoms with Crippen molar-refractivity contribution in [2.75, 3.05) is 0 Å². The number of ether oxygens (including phenoxy) is 2. The van der Waals surface area contributed by atoms with E-state index in [2.05, 4.69) is 13.8 Å². The summed E-state index contributed by atoms with van der Waals surface area (Å²) in [5, 5.41) is 0. The number of unbranched alkanes of at least 4 members (excludes halogenated alkanes) is 4. The minimum absolute atomic E-state index is 0.396. The van der Waals surface area contributed by atoms with E-state index in [0.29, 0.717) is 12.8 Å². The van der Waals surface area contributed by atoms with E-state index >= 15 is 0 Å². The van der Waals surface area contributed by atoms with Crippen LogP contribution >= 0.6 is 0 Å². The van der Waals surface area contributed by atoms with E-state index in [0.717, 1.165) is 38.5 Å². The zero-order valence-electron chi connectivity index (χ0n) is 13.3. The van der Waals surface area contributed by atoms with Crippen LogP contribution in [-0.4, -0.2) is 23.1 Å². The fourth-order valence-electron chi connectivity index (χ4n) is 2.44. The highest BCUT2D eigenvalue weighted by Gasteiger charge is 2.52. The number of rotatable bonds is 8. The van der Waals surface area contributed by atoms with Gasteiger partial charge in [0.2, 0.25) is 11.2 Å². The van der Waals surface area contributed by atoms with E-state index in [1.165, 1.54) is 0 Å². The Morgan fingerprint density at radius 3 is 1.40 bits per heavy atom. The Kier molecular flexibility index (Phi) is 6.03. The summed E-state index contributed by atoms with van der Waals surface area (Å²) in [7, 11) is 0. The predicted molar refractivity (Wildman–Crippen MR) is 77.3 cm³/mol. The molecule has 0 aromatic carbocycles. The third kappa shape index (κ3) is 3.97. The van der Waals surface area contributed by atoms with Gasteiger partial charge >= 0.3 is 11.9 Å². The molecule has 4 heteroatoms. The van der Waals surface area contributed by atoms with Crippen molar-refractivity contribution in [3.63, 3.8) is 0 Å². The predicted octanol–water partition coefficient (Wildman–Crippen LogP) is 3.76. The highest BCUT2D eigenvalue weighted by molar-refractivity contribution is 5.92. The van der Waals surface area contributed by atoms with Crippen LogP contribution in [0.5, 0.6) is 0 Å². The molecule has 0 saturated carbocycles. The first kappa shape index (κ1) is 17.0. The molecule has 0 aromatic heterocycles. The van der Waals surface area contributed by atoms with Crippen molar-refractivity contribution >= 4 is 11.9 Å². The SMILES string of the molecule is CCCCCC1(C)OC(=O)C(C)(CCCCC)OC1=O. The van der Waals surface area contributed by atoms with Gasteiger partial charge in [-0.15, -0.1) is 0 Å². The van der Waals surface area contributed by atoms with Gasteiger partial charge in [0.1, 0.15) is 0 Å². The van der Waals surface area contributed by atoms with E-state index in [1.54, 1.807) is 13.8 Å². The Hall–Kier alpha value is -1.06. The molecule has 2 unspecified atom stereocenters. The van der Waals surface area contributed by atoms with E-state index in [-0.39, 0.29) is 0 Å². The molecule has 1 fully saturated rings. The molecule has 1 aliphatic rings. The fourth-order valence-corrected chi connectivity index (χ4v) is 2.44. The number of carbonyl (C=O) groups is 2. The zero-order valence-corrected chi connectivity index (χ0v) is 13.3. The van der Waals surface area contributed by atoms with Crippen LogP contribution in [0.4, 0.5) is 0 Å². The van der Waals surface area contributed by atoms with Crippen LogP contribution in [0.15, 0.2) is 0 Å². The lowest BCUT2D eigenvalue weighted by atomic mass is 9.92. The number of carbonyl (C=O) groups excluding carboxylic acids is 2. The molecule has 20 heavy (non-hydrogen) atoms. The second kappa shape index (κ2) is 7.09. The third-order valence-corrected chi connectivity index (χ3v) is 4.01. The highest BCUT2D eigenvalue weighted by Crippen LogP contribution is 2.34. The van der Waals surface area contributed by atoms with Gasteiger partial charge in [0, 0.05) is 0 Å². The molecule has 116 valence electrons. The summed E-state index contributed by atoms with van der Waals surface area (Å²) < 4.78 is 10.9. The molecule has 1 heterocycles. The first-order valence-electron chi connectivity index (χ1n) is 7.85. The molecule has 4 nitrogen and oxygen atoms in total. The Labute approximate surface area is 122 Å². The molecule has 0 spiro atoms. The average molecular weight is 284 g/mol. The van der Waals surface area contributed by atoms with Crippen LogP contribution < -0.4 is 0 Å². The molecule has 0 radical (unpaired) electrons. The second-order valence-electron chi connectivity index (χ2n) is 6.15. The van der Waals surface area contributed by atoms with Crippen molar-refractivity contribution in [2.45, 2.75) is 90.3 Å². The molecule has 0 N–H and O–H groups in total. The van der Waals surface area contributed by atoms with Gasteiger partial charge < -0.3 is 9.47 Å². The number of hydrogen-bond acceptors (Lipinski definition) is 4. The summed E-state index contributed by atoms with van der Waals surface area (Å²) in [5.41, 5.74) is -2.20. The number of cyclic esters (lactones) is 2. The van der Waals surface area contributed by atoms with Gasteiger partial charge in [-0.25, -0.2) is 9.59 Å². The standard InChI is InChI=1S/C16H28O4/c1-5-7-9-11-15(3)13(17)20-16(4,14(18)19-15)12-10-8-6-2/h5-12H2,1-4H3. The largest absolute Gasteiger partial charge is 0.444 e. The Bertz CT molecular complexity index is 318. The van der Waals surface area contributed by atoms with E-state index in [9.17, 15) is 9.59 Å². The third-order valence-electron chi connectivity index (χ3n) is 4.01. The second-order valence-corrected chi connectivity index (χ2v) is 6.15. The number of hydrogen-bond donors (Lipinski definition) is 0. The first-order chi connectivity index (χ1) is 9.38. The van der Waals surface area contributed by atoms with E-state index in [1.807, 2.05) is 0 Å². The van der Waals surface area contributed by atoms with Gasteiger partial charge in [-0.2, -0.15) is 0 Å². The fraction of sp³-hybridized carbons (Fsp3) is 0.875. The summed E-state index contributed by atoms with van der Waals surface area (Å²) in [5.74, 6) is -0.792. The molecule has 1 aliphatic heterocycles. The highest BCUT2D eigenvalue weighted by atomic mass is 16.7. The van der Waals surface area contributed by atoms with Gasteiger partial charge in [0.25, 0.3) is 0 Å². The minimum atomic E-state index is -1.10. The van der Waals surface area contributed by atoms with Crippen LogP contribution in [0.2, 0.25) is 0 Å². The molecule has 0 amide bonds. The lowest BCUT2D eigenvalue weighted by Crippen LogP contribution is -2.57. The van der Waals surface area contributed by atoms with Crippen molar-refractivity contribution in [1.82, 2.24) is 0 Å². The lowest BCUT2D eigenvalue weighted by molar-refractivity contribution is -0.224. The summed E-state index contributed by atoms with van der Waals surface area (Å²) in [6, 6.07) is 0. The monoisotopic (exact) mass is 284 g/mol. The quantitative estimate of drug-likeness (QED) is 0.503. The Morgan fingerprint density at radius 1 is 0.750 bits per heavy atom. The van der Waals surface area contributed by atoms with Crippen LogP contribution in [0, 0.1) is 0 Å². The maximum atomic E-state index is 12.2. The van der Waals surface area contributed by atoms with Gasteiger partial charge in [-0.1, -0.05) is 39.5 Å². The van der Waals surface area contributed by atoms with Crippen molar-refractivity contribution in [3.05, 3.63) is 0 Å². The molecule has 0 aliphatic carbocycles. The summed E-state index contributed by atoms with van der Waals surface area (Å²) in [6.45, 7) is 7.51. The van der Waals surface area contributed by atoms with Crippen molar-refractivity contribution in [1.29, 1.82) is 0 Å². The van der Waals surface area contributed by atoms with E-state index < -0.39 is 23.1 Å². The maximum Gasteiger partial charge on any atom is 0.351 e. The van der Waals surface area contributed by atoms with Crippen molar-refractivity contribution < 1.29 is 19.1 Å². The molecule has 1 saturated heterocycles. The average Bonchev–Trinajstić information content (AvgIpc) is 2.37. The molecular formula is C16H28O4. The van der Waals surface area contributed by atoms with E-state index in [4.69, 9.17) is 9.47 Å². The van der Waals surface area contributed by atoms with Gasteiger partial charge in [-0.3, -0.25) is 0 Å². The van der Waals surface area contributed by atoms with Crippen LogP contribution in [0.25, 0.3) is 0 Å².